The number of likely N-dealkylation sites (tertiary alicyclic amines) is 1. The minimum absolute atomic E-state index is 0.0589. The summed E-state index contributed by atoms with van der Waals surface area (Å²) < 4.78 is 5.14. The maximum absolute atomic E-state index is 12.4. The van der Waals surface area contributed by atoms with Crippen LogP contribution >= 0.6 is 0 Å². The van der Waals surface area contributed by atoms with Crippen molar-refractivity contribution in [2.24, 2.45) is 5.73 Å². The third-order valence-electron chi connectivity index (χ3n) is 6.76. The van der Waals surface area contributed by atoms with Crippen molar-refractivity contribution in [1.82, 2.24) is 25.3 Å². The van der Waals surface area contributed by atoms with E-state index in [0.29, 0.717) is 25.1 Å². The van der Waals surface area contributed by atoms with Gasteiger partial charge in [0.05, 0.1) is 12.6 Å². The van der Waals surface area contributed by atoms with Crippen LogP contribution in [0.25, 0.3) is 0 Å². The highest BCUT2D eigenvalue weighted by atomic mass is 16.5. The van der Waals surface area contributed by atoms with Crippen molar-refractivity contribution in [3.05, 3.63) is 35.4 Å². The minimum atomic E-state index is -0.521. The Kier molecular flexibility index (Phi) is 11.2. The summed E-state index contributed by atoms with van der Waals surface area (Å²) in [5, 5.41) is 5.90. The van der Waals surface area contributed by atoms with Crippen molar-refractivity contribution in [3.63, 3.8) is 0 Å². The van der Waals surface area contributed by atoms with Crippen LogP contribution in [0, 0.1) is 0 Å². The molecule has 4 N–H and O–H groups in total. The van der Waals surface area contributed by atoms with Crippen LogP contribution in [0.15, 0.2) is 24.3 Å². The van der Waals surface area contributed by atoms with Gasteiger partial charge in [0.15, 0.2) is 0 Å². The molecule has 3 rings (SSSR count). The molecule has 0 saturated carbocycles. The number of nitrogens with one attached hydrogen (secondary N) is 2. The lowest BCUT2D eigenvalue weighted by atomic mass is 10.1. The van der Waals surface area contributed by atoms with Crippen molar-refractivity contribution in [2.75, 3.05) is 79.2 Å². The van der Waals surface area contributed by atoms with E-state index in [1.807, 2.05) is 12.1 Å². The molecule has 0 radical (unpaired) electrons. The summed E-state index contributed by atoms with van der Waals surface area (Å²) in [6.07, 6.45) is 3.15. The highest BCUT2D eigenvalue weighted by Gasteiger charge is 2.19. The number of nitrogens with zero attached hydrogens (tertiary/aromatic N) is 3. The number of methoxy groups -OCH3 is 1. The van der Waals surface area contributed by atoms with Gasteiger partial charge in [-0.15, -0.1) is 0 Å². The van der Waals surface area contributed by atoms with Crippen molar-refractivity contribution >= 4 is 11.8 Å². The van der Waals surface area contributed by atoms with E-state index in [2.05, 4.69) is 25.3 Å². The van der Waals surface area contributed by atoms with Crippen LogP contribution in [0.4, 0.5) is 0 Å². The van der Waals surface area contributed by atoms with E-state index >= 15 is 0 Å². The summed E-state index contributed by atoms with van der Waals surface area (Å²) in [4.78, 5) is 31.9. The van der Waals surface area contributed by atoms with Crippen LogP contribution < -0.4 is 16.4 Å². The van der Waals surface area contributed by atoms with E-state index in [-0.39, 0.29) is 11.8 Å². The topological polar surface area (TPSA) is 103 Å². The van der Waals surface area contributed by atoms with E-state index in [9.17, 15) is 9.59 Å². The molecule has 2 heterocycles. The molecule has 2 aliphatic rings. The number of hydrogen-bond donors (Lipinski definition) is 3. The van der Waals surface area contributed by atoms with Crippen LogP contribution in [0.2, 0.25) is 0 Å². The average Bonchev–Trinajstić information content (AvgIpc) is 3.39. The molecule has 0 spiro atoms. The Labute approximate surface area is 204 Å². The lowest BCUT2D eigenvalue weighted by molar-refractivity contribution is -0.122. The molecule has 0 aliphatic carbocycles. The molecule has 1 aromatic rings. The fourth-order valence-electron chi connectivity index (χ4n) is 4.44. The van der Waals surface area contributed by atoms with Gasteiger partial charge in [0.1, 0.15) is 0 Å². The first-order valence-electron chi connectivity index (χ1n) is 12.6. The molecule has 34 heavy (non-hydrogen) atoms. The normalized spacial score (nSPS) is 18.6. The average molecular weight is 475 g/mol. The Morgan fingerprint density at radius 3 is 2.18 bits per heavy atom. The first-order valence-corrected chi connectivity index (χ1v) is 12.6. The van der Waals surface area contributed by atoms with Gasteiger partial charge in [0.25, 0.3) is 5.91 Å². The van der Waals surface area contributed by atoms with Gasteiger partial charge in [0.2, 0.25) is 5.91 Å². The predicted octanol–water partition coefficient (Wildman–Crippen LogP) is 0.110. The fourth-order valence-corrected chi connectivity index (χ4v) is 4.44. The molecule has 9 nitrogen and oxygen atoms in total. The maximum atomic E-state index is 12.4. The quantitative estimate of drug-likeness (QED) is 0.373. The van der Waals surface area contributed by atoms with Crippen LogP contribution in [0.1, 0.15) is 35.2 Å². The molecular weight excluding hydrogens is 432 g/mol. The van der Waals surface area contributed by atoms with Gasteiger partial charge in [-0.1, -0.05) is 12.1 Å². The number of piperazine rings is 1. The Balaban J connectivity index is 1.29. The van der Waals surface area contributed by atoms with E-state index in [4.69, 9.17) is 10.5 Å². The van der Waals surface area contributed by atoms with E-state index in [1.54, 1.807) is 19.2 Å². The largest absolute Gasteiger partial charge is 0.383 e. The lowest BCUT2D eigenvalue weighted by Gasteiger charge is -2.34. The Morgan fingerprint density at radius 1 is 0.912 bits per heavy atom. The first kappa shape index (κ1) is 26.6. The Hall–Kier alpha value is -2.04. The zero-order valence-corrected chi connectivity index (χ0v) is 20.6. The van der Waals surface area contributed by atoms with Gasteiger partial charge in [0, 0.05) is 71.6 Å². The second-order valence-corrected chi connectivity index (χ2v) is 9.29. The van der Waals surface area contributed by atoms with Crippen LogP contribution in [-0.2, 0) is 16.1 Å². The third-order valence-corrected chi connectivity index (χ3v) is 6.76. The highest BCUT2D eigenvalue weighted by molar-refractivity contribution is 5.94. The van der Waals surface area contributed by atoms with Crippen LogP contribution in [-0.4, -0.2) is 112 Å². The van der Waals surface area contributed by atoms with E-state index in [0.717, 1.165) is 71.1 Å². The van der Waals surface area contributed by atoms with Crippen molar-refractivity contribution in [3.8, 4) is 0 Å². The molecule has 190 valence electrons. The first-order chi connectivity index (χ1) is 16.5. The number of hydrogen-bond acceptors (Lipinski definition) is 7. The number of amides is 2. The monoisotopic (exact) mass is 474 g/mol. The molecule has 9 heteroatoms. The molecular formula is C25H42N6O3. The molecule has 2 fully saturated rings. The summed E-state index contributed by atoms with van der Waals surface area (Å²) in [5.41, 5.74) is 7.71. The number of carbonyl (C=O) groups excluding carboxylic acids is 2. The number of benzene rings is 1. The van der Waals surface area contributed by atoms with Crippen molar-refractivity contribution in [2.45, 2.75) is 31.8 Å². The predicted molar refractivity (Wildman–Crippen MR) is 134 cm³/mol. The second-order valence-electron chi connectivity index (χ2n) is 9.29. The van der Waals surface area contributed by atoms with Gasteiger partial charge in [-0.05, 0) is 50.0 Å². The van der Waals surface area contributed by atoms with Gasteiger partial charge in [-0.25, -0.2) is 0 Å². The van der Waals surface area contributed by atoms with Crippen molar-refractivity contribution in [1.29, 1.82) is 0 Å². The van der Waals surface area contributed by atoms with E-state index < -0.39 is 6.04 Å². The van der Waals surface area contributed by atoms with Crippen LogP contribution in [0.3, 0.4) is 0 Å². The summed E-state index contributed by atoms with van der Waals surface area (Å²) in [6.45, 7) is 10.8. The minimum Gasteiger partial charge on any atom is -0.383 e. The molecule has 0 bridgehead atoms. The lowest BCUT2D eigenvalue weighted by Crippen LogP contribution is -2.49. The molecule has 2 amide bonds. The van der Waals surface area contributed by atoms with Gasteiger partial charge >= 0.3 is 0 Å². The standard InChI is InChI=1S/C25H42N6O3/c1-34-19-18-31-16-14-30(15-17-31)12-8-23(26)25(33)28-20-21-4-6-22(7-5-21)24(32)27-9-13-29-10-2-3-11-29/h4-7,23H,2-3,8-20,26H2,1H3,(H,27,32)(H,28,33). The molecule has 2 aliphatic heterocycles. The SMILES string of the molecule is COCCN1CCN(CCC(N)C(=O)NCc2ccc(C(=O)NCCN3CCCC3)cc2)CC1. The smallest absolute Gasteiger partial charge is 0.251 e. The molecule has 0 aromatic heterocycles. The highest BCUT2D eigenvalue weighted by Crippen LogP contribution is 2.07. The third kappa shape index (κ3) is 8.96. The van der Waals surface area contributed by atoms with Gasteiger partial charge in [-0.2, -0.15) is 0 Å². The zero-order valence-electron chi connectivity index (χ0n) is 20.6. The molecule has 1 aromatic carbocycles. The number of rotatable bonds is 13. The second kappa shape index (κ2) is 14.4. The summed E-state index contributed by atoms with van der Waals surface area (Å²) in [6, 6.07) is 6.85. The molecule has 1 atom stereocenters. The van der Waals surface area contributed by atoms with Crippen molar-refractivity contribution < 1.29 is 14.3 Å². The number of carbonyl (C=O) groups is 2. The number of nitrogens with two attached hydrogens (primary N) is 1. The summed E-state index contributed by atoms with van der Waals surface area (Å²) >= 11 is 0. The maximum Gasteiger partial charge on any atom is 0.251 e. The summed E-state index contributed by atoms with van der Waals surface area (Å²) in [5.74, 6) is -0.196. The van der Waals surface area contributed by atoms with Gasteiger partial charge in [-0.3, -0.25) is 14.5 Å². The zero-order chi connectivity index (χ0) is 24.2. The number of ether oxygens (including phenoxy) is 1. The van der Waals surface area contributed by atoms with Crippen LogP contribution in [0.5, 0.6) is 0 Å². The Morgan fingerprint density at radius 2 is 1.53 bits per heavy atom. The Bertz CT molecular complexity index is 746. The molecule has 1 unspecified atom stereocenters. The summed E-state index contributed by atoms with van der Waals surface area (Å²) in [7, 11) is 1.73. The van der Waals surface area contributed by atoms with E-state index in [1.165, 1.54) is 12.8 Å². The van der Waals surface area contributed by atoms with Gasteiger partial charge < -0.3 is 30.9 Å². The molecule has 2 saturated heterocycles. The fraction of sp³-hybridized carbons (Fsp3) is 0.680.